The Kier molecular flexibility index (Phi) is 17.4. The second-order valence-electron chi connectivity index (χ2n) is 7.41. The predicted octanol–water partition coefficient (Wildman–Crippen LogP) is 7.51. The Hall–Kier alpha value is -0.820. The fraction of sp³-hybridized carbons (Fsp3) is 0.750. The Balaban J connectivity index is 0.00000178. The van der Waals surface area contributed by atoms with Crippen molar-refractivity contribution in [2.75, 3.05) is 6.54 Å². The normalized spacial score (nSPS) is 10.4. The summed E-state index contributed by atoms with van der Waals surface area (Å²) < 4.78 is 0. The first-order valence-corrected chi connectivity index (χ1v) is 10.9. The summed E-state index contributed by atoms with van der Waals surface area (Å²) in [5.74, 6) is 0. The van der Waals surface area contributed by atoms with E-state index in [9.17, 15) is 0 Å². The van der Waals surface area contributed by atoms with Gasteiger partial charge in [0.2, 0.25) is 0 Å². The smallest absolute Gasteiger partial charge is 0.0106 e. The van der Waals surface area contributed by atoms with E-state index in [0.717, 1.165) is 6.54 Å². The number of nitrogens with two attached hydrogens (primary N) is 1. The monoisotopic (exact) mass is 347 g/mol. The van der Waals surface area contributed by atoms with Crippen molar-refractivity contribution in [3.05, 3.63) is 34.9 Å². The summed E-state index contributed by atoms with van der Waals surface area (Å²) in [5, 5.41) is 0. The largest absolute Gasteiger partial charge is 0.331 e. The molecule has 1 heteroatoms. The fourth-order valence-corrected chi connectivity index (χ4v) is 3.24. The van der Waals surface area contributed by atoms with E-state index in [1.165, 1.54) is 94.6 Å². The lowest BCUT2D eigenvalue weighted by atomic mass is 9.98. The molecule has 1 rings (SSSR count). The highest BCUT2D eigenvalue weighted by Crippen LogP contribution is 2.17. The SMILES string of the molecule is CCCCCCCCCCCCCCc1cccc(C)c1C.CCN. The molecule has 2 N–H and O–H groups in total. The third-order valence-electron chi connectivity index (χ3n) is 5.02. The second kappa shape index (κ2) is 18.0. The molecule has 0 aromatic heterocycles. The minimum atomic E-state index is 0.750. The van der Waals surface area contributed by atoms with Crippen molar-refractivity contribution in [1.29, 1.82) is 0 Å². The van der Waals surface area contributed by atoms with Gasteiger partial charge in [-0.1, -0.05) is 103 Å². The molecule has 1 nitrogen and oxygen atoms in total. The van der Waals surface area contributed by atoms with Crippen LogP contribution >= 0.6 is 0 Å². The first-order valence-electron chi connectivity index (χ1n) is 10.9. The molecule has 0 unspecified atom stereocenters. The molecule has 0 atom stereocenters. The minimum absolute atomic E-state index is 0.750. The molecule has 0 saturated carbocycles. The predicted molar refractivity (Wildman–Crippen MR) is 115 cm³/mol. The number of rotatable bonds is 13. The van der Waals surface area contributed by atoms with E-state index in [0.29, 0.717) is 0 Å². The molecular formula is C24H45N. The van der Waals surface area contributed by atoms with Gasteiger partial charge in [-0.3, -0.25) is 0 Å². The van der Waals surface area contributed by atoms with E-state index in [2.05, 4.69) is 39.0 Å². The average molecular weight is 348 g/mol. The van der Waals surface area contributed by atoms with E-state index in [1.807, 2.05) is 6.92 Å². The van der Waals surface area contributed by atoms with Gasteiger partial charge in [-0.15, -0.1) is 0 Å². The van der Waals surface area contributed by atoms with E-state index >= 15 is 0 Å². The highest BCUT2D eigenvalue weighted by atomic mass is 14.5. The van der Waals surface area contributed by atoms with E-state index in [4.69, 9.17) is 5.73 Å². The van der Waals surface area contributed by atoms with Gasteiger partial charge >= 0.3 is 0 Å². The Bertz CT molecular complexity index is 397. The Morgan fingerprint density at radius 2 is 1.12 bits per heavy atom. The van der Waals surface area contributed by atoms with Crippen LogP contribution in [0.25, 0.3) is 0 Å². The number of hydrogen-bond acceptors (Lipinski definition) is 1. The van der Waals surface area contributed by atoms with Crippen LogP contribution in [0.1, 0.15) is 108 Å². The van der Waals surface area contributed by atoms with Crippen LogP contribution in [-0.2, 0) is 6.42 Å². The van der Waals surface area contributed by atoms with Gasteiger partial charge in [-0.05, 0) is 49.9 Å². The van der Waals surface area contributed by atoms with E-state index in [-0.39, 0.29) is 0 Å². The zero-order chi connectivity index (χ0) is 18.8. The summed E-state index contributed by atoms with van der Waals surface area (Å²) in [7, 11) is 0. The maximum absolute atomic E-state index is 4.85. The van der Waals surface area contributed by atoms with Gasteiger partial charge in [0.15, 0.2) is 0 Å². The Morgan fingerprint density at radius 3 is 1.60 bits per heavy atom. The standard InChI is InChI=1S/C22H38.C2H7N/c1-4-5-6-7-8-9-10-11-12-13-14-15-18-22-19-16-17-20(2)21(22)3;1-2-3/h16-17,19H,4-15,18H2,1-3H3;2-3H2,1H3. The fourth-order valence-electron chi connectivity index (χ4n) is 3.24. The molecule has 0 heterocycles. The average Bonchev–Trinajstić information content (AvgIpc) is 2.60. The number of hydrogen-bond donors (Lipinski definition) is 1. The highest BCUT2D eigenvalue weighted by molar-refractivity contribution is 5.33. The lowest BCUT2D eigenvalue weighted by Crippen LogP contribution is -1.92. The summed E-state index contributed by atoms with van der Waals surface area (Å²) in [6.07, 6.45) is 18.5. The molecule has 0 aliphatic rings. The molecule has 1 aromatic rings. The maximum atomic E-state index is 4.85. The van der Waals surface area contributed by atoms with Crippen molar-refractivity contribution in [2.45, 2.75) is 111 Å². The molecular weight excluding hydrogens is 302 g/mol. The third-order valence-corrected chi connectivity index (χ3v) is 5.02. The third kappa shape index (κ3) is 14.1. The van der Waals surface area contributed by atoms with Gasteiger partial charge < -0.3 is 5.73 Å². The number of unbranched alkanes of at least 4 members (excludes halogenated alkanes) is 11. The first-order chi connectivity index (χ1) is 12.2. The molecule has 0 amide bonds. The van der Waals surface area contributed by atoms with Crippen molar-refractivity contribution < 1.29 is 0 Å². The van der Waals surface area contributed by atoms with Gasteiger partial charge in [0, 0.05) is 0 Å². The van der Waals surface area contributed by atoms with Crippen LogP contribution in [0.4, 0.5) is 0 Å². The van der Waals surface area contributed by atoms with Gasteiger partial charge in [0.05, 0.1) is 0 Å². The molecule has 25 heavy (non-hydrogen) atoms. The molecule has 0 saturated heterocycles. The maximum Gasteiger partial charge on any atom is -0.0106 e. The van der Waals surface area contributed by atoms with Gasteiger partial charge in [0.1, 0.15) is 0 Å². The van der Waals surface area contributed by atoms with Crippen molar-refractivity contribution in [3.63, 3.8) is 0 Å². The van der Waals surface area contributed by atoms with Crippen LogP contribution in [0.2, 0.25) is 0 Å². The summed E-state index contributed by atoms with van der Waals surface area (Å²) in [6, 6.07) is 6.74. The van der Waals surface area contributed by atoms with Gasteiger partial charge in [-0.25, -0.2) is 0 Å². The first kappa shape index (κ1) is 24.2. The molecule has 146 valence electrons. The zero-order valence-electron chi connectivity index (χ0n) is 17.7. The van der Waals surface area contributed by atoms with Gasteiger partial charge in [-0.2, -0.15) is 0 Å². The van der Waals surface area contributed by atoms with E-state index < -0.39 is 0 Å². The van der Waals surface area contributed by atoms with Crippen molar-refractivity contribution in [1.82, 2.24) is 0 Å². The highest BCUT2D eigenvalue weighted by Gasteiger charge is 2.00. The second-order valence-corrected chi connectivity index (χ2v) is 7.41. The van der Waals surface area contributed by atoms with Crippen LogP contribution in [0.3, 0.4) is 0 Å². The number of aryl methyl sites for hydroxylation is 2. The van der Waals surface area contributed by atoms with Crippen LogP contribution < -0.4 is 5.73 Å². The van der Waals surface area contributed by atoms with Crippen LogP contribution in [-0.4, -0.2) is 6.54 Å². The van der Waals surface area contributed by atoms with Gasteiger partial charge in [0.25, 0.3) is 0 Å². The molecule has 0 aliphatic heterocycles. The van der Waals surface area contributed by atoms with Crippen LogP contribution in [0, 0.1) is 13.8 Å². The zero-order valence-corrected chi connectivity index (χ0v) is 17.7. The Morgan fingerprint density at radius 1 is 0.680 bits per heavy atom. The van der Waals surface area contributed by atoms with Crippen molar-refractivity contribution in [2.24, 2.45) is 5.73 Å². The minimum Gasteiger partial charge on any atom is -0.331 e. The van der Waals surface area contributed by atoms with Crippen molar-refractivity contribution >= 4 is 0 Å². The quantitative estimate of drug-likeness (QED) is 0.367. The molecule has 0 bridgehead atoms. The lowest BCUT2D eigenvalue weighted by molar-refractivity contribution is 0.544. The lowest BCUT2D eigenvalue weighted by Gasteiger charge is -2.08. The summed E-state index contributed by atoms with van der Waals surface area (Å²) in [5.41, 5.74) is 9.36. The molecule has 0 aliphatic carbocycles. The van der Waals surface area contributed by atoms with Crippen LogP contribution in [0.5, 0.6) is 0 Å². The Labute approximate surface area is 158 Å². The molecule has 0 radical (unpaired) electrons. The summed E-state index contributed by atoms with van der Waals surface area (Å²) in [4.78, 5) is 0. The molecule has 1 aromatic carbocycles. The molecule has 0 spiro atoms. The van der Waals surface area contributed by atoms with E-state index in [1.54, 1.807) is 5.56 Å². The number of benzene rings is 1. The topological polar surface area (TPSA) is 26.0 Å². The van der Waals surface area contributed by atoms with Crippen molar-refractivity contribution in [3.8, 4) is 0 Å². The summed E-state index contributed by atoms with van der Waals surface area (Å²) >= 11 is 0. The van der Waals surface area contributed by atoms with Crippen LogP contribution in [0.15, 0.2) is 18.2 Å². The summed E-state index contributed by atoms with van der Waals surface area (Å²) in [6.45, 7) is 9.44. The molecule has 0 fully saturated rings.